The molecule has 0 aliphatic rings. The third-order valence-corrected chi connectivity index (χ3v) is 3.58. The van der Waals surface area contributed by atoms with Crippen molar-refractivity contribution in [2.24, 2.45) is 0 Å². The molecule has 2 aromatic carbocycles. The van der Waals surface area contributed by atoms with E-state index in [1.165, 1.54) is 11.0 Å². The summed E-state index contributed by atoms with van der Waals surface area (Å²) in [4.78, 5) is 14.2. The van der Waals surface area contributed by atoms with E-state index >= 15 is 0 Å². The summed E-state index contributed by atoms with van der Waals surface area (Å²) in [5, 5.41) is 0. The van der Waals surface area contributed by atoms with Gasteiger partial charge in [-0.05, 0) is 37.3 Å². The standard InChI is InChI=1S/C17H17F3N2O/c1-3-22(12-23)15-10-9-13(17(18,19)20)11-16(15)21(2)14-7-5-4-6-8-14/h4-12H,3H2,1-2H3. The van der Waals surface area contributed by atoms with Crippen molar-refractivity contribution >= 4 is 23.5 Å². The number of nitrogens with zero attached hydrogens (tertiary/aromatic N) is 2. The topological polar surface area (TPSA) is 23.6 Å². The molecular weight excluding hydrogens is 305 g/mol. The zero-order chi connectivity index (χ0) is 17.0. The molecule has 0 saturated carbocycles. The number of anilines is 3. The average Bonchev–Trinajstić information content (AvgIpc) is 2.55. The first kappa shape index (κ1) is 16.9. The molecule has 2 rings (SSSR count). The lowest BCUT2D eigenvalue weighted by molar-refractivity contribution is -0.137. The average molecular weight is 322 g/mol. The van der Waals surface area contributed by atoms with Crippen molar-refractivity contribution in [3.63, 3.8) is 0 Å². The Bertz CT molecular complexity index is 671. The van der Waals surface area contributed by atoms with Gasteiger partial charge < -0.3 is 9.80 Å². The number of amides is 1. The number of hydrogen-bond donors (Lipinski definition) is 0. The number of hydrogen-bond acceptors (Lipinski definition) is 2. The van der Waals surface area contributed by atoms with E-state index in [-0.39, 0.29) is 0 Å². The normalized spacial score (nSPS) is 11.2. The fraction of sp³-hybridized carbons (Fsp3) is 0.235. The van der Waals surface area contributed by atoms with Gasteiger partial charge in [0.1, 0.15) is 0 Å². The monoisotopic (exact) mass is 322 g/mol. The lowest BCUT2D eigenvalue weighted by Crippen LogP contribution is -2.24. The van der Waals surface area contributed by atoms with Crippen LogP contribution >= 0.6 is 0 Å². The van der Waals surface area contributed by atoms with E-state index in [4.69, 9.17) is 0 Å². The molecule has 0 aliphatic carbocycles. The number of benzene rings is 2. The highest BCUT2D eigenvalue weighted by Crippen LogP contribution is 2.38. The van der Waals surface area contributed by atoms with Gasteiger partial charge in [0, 0.05) is 19.3 Å². The molecule has 122 valence electrons. The lowest BCUT2D eigenvalue weighted by atomic mass is 10.1. The Labute approximate surface area is 132 Å². The third kappa shape index (κ3) is 3.64. The predicted molar refractivity (Wildman–Crippen MR) is 85.0 cm³/mol. The minimum atomic E-state index is -4.44. The van der Waals surface area contributed by atoms with Crippen molar-refractivity contribution in [2.75, 3.05) is 23.4 Å². The van der Waals surface area contributed by atoms with Gasteiger partial charge in [-0.2, -0.15) is 13.2 Å². The molecular formula is C17H17F3N2O. The van der Waals surface area contributed by atoms with E-state index in [0.29, 0.717) is 24.3 Å². The molecule has 0 N–H and O–H groups in total. The number of carbonyl (C=O) groups excluding carboxylic acids is 1. The van der Waals surface area contributed by atoms with Crippen molar-refractivity contribution in [1.29, 1.82) is 0 Å². The summed E-state index contributed by atoms with van der Waals surface area (Å²) in [6, 6.07) is 12.4. The van der Waals surface area contributed by atoms with Crippen LogP contribution in [-0.2, 0) is 11.0 Å². The Balaban J connectivity index is 2.58. The Morgan fingerprint density at radius 1 is 1.04 bits per heavy atom. The van der Waals surface area contributed by atoms with Gasteiger partial charge in [0.15, 0.2) is 0 Å². The molecule has 0 spiro atoms. The Morgan fingerprint density at radius 2 is 1.70 bits per heavy atom. The fourth-order valence-corrected chi connectivity index (χ4v) is 2.30. The van der Waals surface area contributed by atoms with Crippen LogP contribution in [0.5, 0.6) is 0 Å². The summed E-state index contributed by atoms with van der Waals surface area (Å²) >= 11 is 0. The summed E-state index contributed by atoms with van der Waals surface area (Å²) < 4.78 is 39.1. The summed E-state index contributed by atoms with van der Waals surface area (Å²) in [6.45, 7) is 2.13. The smallest absolute Gasteiger partial charge is 0.343 e. The van der Waals surface area contributed by atoms with Crippen LogP contribution in [0.25, 0.3) is 0 Å². The predicted octanol–water partition coefficient (Wildman–Crippen LogP) is 4.46. The zero-order valence-corrected chi connectivity index (χ0v) is 12.8. The second-order valence-electron chi connectivity index (χ2n) is 4.99. The quantitative estimate of drug-likeness (QED) is 0.759. The maximum atomic E-state index is 13.0. The number of halogens is 3. The molecule has 23 heavy (non-hydrogen) atoms. The van der Waals surface area contributed by atoms with Crippen LogP contribution in [0.3, 0.4) is 0 Å². The summed E-state index contributed by atoms with van der Waals surface area (Å²) in [7, 11) is 1.67. The zero-order valence-electron chi connectivity index (χ0n) is 12.8. The molecule has 0 heterocycles. The van der Waals surface area contributed by atoms with E-state index in [1.807, 2.05) is 6.07 Å². The van der Waals surface area contributed by atoms with Crippen LogP contribution in [0, 0.1) is 0 Å². The molecule has 2 aromatic rings. The number of para-hydroxylation sites is 1. The first-order chi connectivity index (χ1) is 10.9. The van der Waals surface area contributed by atoms with Crippen LogP contribution in [0.15, 0.2) is 48.5 Å². The highest BCUT2D eigenvalue weighted by Gasteiger charge is 2.32. The lowest BCUT2D eigenvalue weighted by Gasteiger charge is -2.27. The fourth-order valence-electron chi connectivity index (χ4n) is 2.30. The Kier molecular flexibility index (Phi) is 4.93. The second-order valence-corrected chi connectivity index (χ2v) is 4.99. The van der Waals surface area contributed by atoms with Crippen LogP contribution in [0.1, 0.15) is 12.5 Å². The van der Waals surface area contributed by atoms with Crippen molar-refractivity contribution in [1.82, 2.24) is 0 Å². The second kappa shape index (κ2) is 6.73. The molecule has 0 aliphatic heterocycles. The van der Waals surface area contributed by atoms with Gasteiger partial charge in [0.2, 0.25) is 6.41 Å². The van der Waals surface area contributed by atoms with E-state index in [9.17, 15) is 18.0 Å². The van der Waals surface area contributed by atoms with Gasteiger partial charge in [0.25, 0.3) is 0 Å². The molecule has 0 atom stereocenters. The molecule has 0 fully saturated rings. The summed E-state index contributed by atoms with van der Waals surface area (Å²) in [5.74, 6) is 0. The highest BCUT2D eigenvalue weighted by atomic mass is 19.4. The first-order valence-corrected chi connectivity index (χ1v) is 7.10. The minimum Gasteiger partial charge on any atom is -0.343 e. The van der Waals surface area contributed by atoms with Gasteiger partial charge in [0.05, 0.1) is 16.9 Å². The first-order valence-electron chi connectivity index (χ1n) is 7.10. The van der Waals surface area contributed by atoms with E-state index in [1.54, 1.807) is 43.1 Å². The molecule has 0 saturated heterocycles. The molecule has 0 radical (unpaired) electrons. The number of alkyl halides is 3. The molecule has 0 unspecified atom stereocenters. The van der Waals surface area contributed by atoms with Gasteiger partial charge in [-0.1, -0.05) is 18.2 Å². The summed E-state index contributed by atoms with van der Waals surface area (Å²) in [5.41, 5.74) is 0.734. The van der Waals surface area contributed by atoms with Gasteiger partial charge in [-0.15, -0.1) is 0 Å². The van der Waals surface area contributed by atoms with Gasteiger partial charge in [-0.25, -0.2) is 0 Å². The summed E-state index contributed by atoms with van der Waals surface area (Å²) in [6.07, 6.45) is -3.83. The van der Waals surface area contributed by atoms with Gasteiger partial charge in [-0.3, -0.25) is 4.79 Å². The van der Waals surface area contributed by atoms with Crippen LogP contribution in [-0.4, -0.2) is 20.0 Å². The van der Waals surface area contributed by atoms with Gasteiger partial charge >= 0.3 is 6.18 Å². The van der Waals surface area contributed by atoms with E-state index in [2.05, 4.69) is 0 Å². The molecule has 0 aromatic heterocycles. The van der Waals surface area contributed by atoms with Crippen LogP contribution in [0.2, 0.25) is 0 Å². The molecule has 0 bridgehead atoms. The minimum absolute atomic E-state index is 0.319. The van der Waals surface area contributed by atoms with E-state index < -0.39 is 11.7 Å². The molecule has 1 amide bonds. The third-order valence-electron chi connectivity index (χ3n) is 3.58. The Hall–Kier alpha value is -2.50. The van der Waals surface area contributed by atoms with Crippen molar-refractivity contribution in [3.05, 3.63) is 54.1 Å². The highest BCUT2D eigenvalue weighted by molar-refractivity contribution is 5.86. The van der Waals surface area contributed by atoms with E-state index in [0.717, 1.165) is 17.8 Å². The van der Waals surface area contributed by atoms with Crippen molar-refractivity contribution < 1.29 is 18.0 Å². The SMILES string of the molecule is CCN(C=O)c1ccc(C(F)(F)F)cc1N(C)c1ccccc1. The maximum absolute atomic E-state index is 13.0. The van der Waals surface area contributed by atoms with Crippen molar-refractivity contribution in [3.8, 4) is 0 Å². The molecule has 6 heteroatoms. The number of rotatable bonds is 5. The Morgan fingerprint density at radius 3 is 2.22 bits per heavy atom. The largest absolute Gasteiger partial charge is 0.416 e. The van der Waals surface area contributed by atoms with Crippen LogP contribution in [0.4, 0.5) is 30.2 Å². The molecule has 3 nitrogen and oxygen atoms in total. The number of carbonyl (C=O) groups is 1. The maximum Gasteiger partial charge on any atom is 0.416 e. The van der Waals surface area contributed by atoms with Crippen molar-refractivity contribution in [2.45, 2.75) is 13.1 Å². The van der Waals surface area contributed by atoms with Crippen LogP contribution < -0.4 is 9.80 Å².